The van der Waals surface area contributed by atoms with Crippen LogP contribution < -0.4 is 5.46 Å². The first-order chi connectivity index (χ1) is 7.97. The molecule has 2 rings (SSSR count). The standard InChI is InChI=1S/C12H9BF3O/c14-13(15,16)11-5-1-9(2-6-11)10-3-7-12(17)8-4-10/h1-8,17H/q-1. The summed E-state index contributed by atoms with van der Waals surface area (Å²) in [4.78, 5) is 0. The van der Waals surface area contributed by atoms with Gasteiger partial charge < -0.3 is 18.1 Å². The number of halogens is 3. The minimum Gasteiger partial charge on any atom is -0.508 e. The molecule has 0 unspecified atom stereocenters. The van der Waals surface area contributed by atoms with E-state index in [0.29, 0.717) is 5.56 Å². The Morgan fingerprint density at radius 3 is 1.53 bits per heavy atom. The second kappa shape index (κ2) is 4.16. The van der Waals surface area contributed by atoms with Gasteiger partial charge in [-0.3, -0.25) is 0 Å². The Kier molecular flexibility index (Phi) is 2.83. The largest absolute Gasteiger partial charge is 0.509 e. The molecular formula is C12H9BF3O-. The summed E-state index contributed by atoms with van der Waals surface area (Å²) in [7, 11) is 0. The molecule has 5 heteroatoms. The molecule has 0 saturated heterocycles. The fraction of sp³-hybridized carbons (Fsp3) is 0. The quantitative estimate of drug-likeness (QED) is 0.795. The van der Waals surface area contributed by atoms with E-state index < -0.39 is 12.4 Å². The summed E-state index contributed by atoms with van der Waals surface area (Å²) >= 11 is 0. The minimum absolute atomic E-state index is 0.129. The molecule has 0 atom stereocenters. The van der Waals surface area contributed by atoms with Gasteiger partial charge in [0.15, 0.2) is 0 Å². The van der Waals surface area contributed by atoms with Gasteiger partial charge >= 0.3 is 6.98 Å². The van der Waals surface area contributed by atoms with E-state index in [4.69, 9.17) is 5.11 Å². The highest BCUT2D eigenvalue weighted by Gasteiger charge is 2.24. The lowest BCUT2D eigenvalue weighted by Gasteiger charge is -2.14. The Morgan fingerprint density at radius 1 is 0.706 bits per heavy atom. The summed E-state index contributed by atoms with van der Waals surface area (Å²) < 4.78 is 37.2. The predicted octanol–water partition coefficient (Wildman–Crippen LogP) is 3.11. The molecule has 0 aliphatic heterocycles. The number of rotatable bonds is 2. The van der Waals surface area contributed by atoms with Crippen LogP contribution in [0, 0.1) is 0 Å². The summed E-state index contributed by atoms with van der Waals surface area (Å²) in [6.45, 7) is -4.94. The monoisotopic (exact) mass is 237 g/mol. The minimum atomic E-state index is -4.94. The first-order valence-corrected chi connectivity index (χ1v) is 5.06. The Balaban J connectivity index is 2.33. The molecule has 0 spiro atoms. The molecule has 0 radical (unpaired) electrons. The van der Waals surface area contributed by atoms with E-state index in [0.717, 1.165) is 17.7 Å². The van der Waals surface area contributed by atoms with E-state index in [-0.39, 0.29) is 5.75 Å². The van der Waals surface area contributed by atoms with Crippen molar-refractivity contribution in [1.29, 1.82) is 0 Å². The molecule has 0 heterocycles. The molecule has 0 amide bonds. The van der Waals surface area contributed by atoms with Gasteiger partial charge in [-0.15, -0.1) is 5.46 Å². The van der Waals surface area contributed by atoms with Crippen molar-refractivity contribution < 1.29 is 18.1 Å². The topological polar surface area (TPSA) is 20.2 Å². The number of hydrogen-bond donors (Lipinski definition) is 1. The Bertz CT molecular complexity index is 503. The summed E-state index contributed by atoms with van der Waals surface area (Å²) in [5.74, 6) is 0.129. The molecular weight excluding hydrogens is 228 g/mol. The molecule has 0 aromatic heterocycles. The fourth-order valence-corrected chi connectivity index (χ4v) is 1.55. The lowest BCUT2D eigenvalue weighted by atomic mass is 9.79. The Morgan fingerprint density at radius 2 is 1.12 bits per heavy atom. The van der Waals surface area contributed by atoms with Gasteiger partial charge in [-0.05, 0) is 23.3 Å². The molecule has 1 N–H and O–H groups in total. The molecule has 0 saturated carbocycles. The number of aromatic hydroxyl groups is 1. The average Bonchev–Trinajstić information content (AvgIpc) is 2.29. The summed E-state index contributed by atoms with van der Waals surface area (Å²) in [5.41, 5.74) is 0.852. The highest BCUT2D eigenvalue weighted by atomic mass is 19.4. The molecule has 2 aromatic carbocycles. The van der Waals surface area contributed by atoms with E-state index in [1.54, 1.807) is 12.1 Å². The predicted molar refractivity (Wildman–Crippen MR) is 62.3 cm³/mol. The van der Waals surface area contributed by atoms with Crippen molar-refractivity contribution in [2.24, 2.45) is 0 Å². The SMILES string of the molecule is Oc1ccc(-c2ccc([B-](F)(F)F)cc2)cc1. The van der Waals surface area contributed by atoms with Crippen molar-refractivity contribution >= 4 is 12.4 Å². The summed E-state index contributed by atoms with van der Waals surface area (Å²) in [6.07, 6.45) is 0. The van der Waals surface area contributed by atoms with Crippen molar-refractivity contribution in [3.05, 3.63) is 48.5 Å². The first kappa shape index (κ1) is 11.6. The van der Waals surface area contributed by atoms with Gasteiger partial charge in [-0.25, -0.2) is 0 Å². The highest BCUT2D eigenvalue weighted by molar-refractivity contribution is 6.73. The second-order valence-corrected chi connectivity index (χ2v) is 3.74. The van der Waals surface area contributed by atoms with Crippen LogP contribution in [-0.4, -0.2) is 12.1 Å². The van der Waals surface area contributed by atoms with Crippen LogP contribution in [0.3, 0.4) is 0 Å². The van der Waals surface area contributed by atoms with E-state index in [2.05, 4.69) is 0 Å². The van der Waals surface area contributed by atoms with Gasteiger partial charge in [0.25, 0.3) is 0 Å². The van der Waals surface area contributed by atoms with Crippen LogP contribution in [0.4, 0.5) is 12.9 Å². The summed E-state index contributed by atoms with van der Waals surface area (Å²) in [6, 6.07) is 11.3. The molecule has 0 bridgehead atoms. The van der Waals surface area contributed by atoms with E-state index >= 15 is 0 Å². The van der Waals surface area contributed by atoms with Crippen LogP contribution in [0.2, 0.25) is 0 Å². The van der Waals surface area contributed by atoms with Gasteiger partial charge in [0, 0.05) is 0 Å². The number of phenols is 1. The van der Waals surface area contributed by atoms with Crippen molar-refractivity contribution in [1.82, 2.24) is 0 Å². The lowest BCUT2D eigenvalue weighted by Crippen LogP contribution is -2.33. The van der Waals surface area contributed by atoms with Crippen molar-refractivity contribution in [3.8, 4) is 16.9 Å². The maximum atomic E-state index is 12.4. The number of hydrogen-bond acceptors (Lipinski definition) is 1. The van der Waals surface area contributed by atoms with Crippen LogP contribution in [-0.2, 0) is 0 Å². The van der Waals surface area contributed by atoms with Crippen LogP contribution in [0.1, 0.15) is 0 Å². The smallest absolute Gasteiger partial charge is 0.508 e. The average molecular weight is 237 g/mol. The molecule has 0 aliphatic carbocycles. The van der Waals surface area contributed by atoms with Crippen LogP contribution in [0.5, 0.6) is 5.75 Å². The number of phenolic OH excluding ortho intramolecular Hbond substituents is 1. The van der Waals surface area contributed by atoms with E-state index in [9.17, 15) is 12.9 Å². The normalized spacial score (nSPS) is 11.5. The van der Waals surface area contributed by atoms with Gasteiger partial charge in [0.1, 0.15) is 5.75 Å². The maximum absolute atomic E-state index is 12.4. The number of benzene rings is 2. The Hall–Kier alpha value is -1.91. The molecule has 0 fully saturated rings. The van der Waals surface area contributed by atoms with E-state index in [1.807, 2.05) is 0 Å². The van der Waals surface area contributed by atoms with Gasteiger partial charge in [0.05, 0.1) is 0 Å². The lowest BCUT2D eigenvalue weighted by molar-refractivity contribution is 0.475. The van der Waals surface area contributed by atoms with Crippen molar-refractivity contribution in [2.75, 3.05) is 0 Å². The van der Waals surface area contributed by atoms with Crippen molar-refractivity contribution in [2.45, 2.75) is 0 Å². The summed E-state index contributed by atoms with van der Waals surface area (Å²) in [5, 5.41) is 9.11. The van der Waals surface area contributed by atoms with Crippen LogP contribution >= 0.6 is 0 Å². The third-order valence-corrected chi connectivity index (χ3v) is 2.49. The van der Waals surface area contributed by atoms with Gasteiger partial charge in [-0.2, -0.15) is 0 Å². The van der Waals surface area contributed by atoms with Crippen molar-refractivity contribution in [3.63, 3.8) is 0 Å². The highest BCUT2D eigenvalue weighted by Crippen LogP contribution is 2.21. The Labute approximate surface area is 96.6 Å². The van der Waals surface area contributed by atoms with Crippen LogP contribution in [0.25, 0.3) is 11.1 Å². The second-order valence-electron chi connectivity index (χ2n) is 3.74. The zero-order valence-electron chi connectivity index (χ0n) is 8.78. The zero-order chi connectivity index (χ0) is 12.5. The molecule has 0 aliphatic rings. The molecule has 88 valence electrons. The van der Waals surface area contributed by atoms with Gasteiger partial charge in [0.2, 0.25) is 0 Å². The van der Waals surface area contributed by atoms with Gasteiger partial charge in [-0.1, -0.05) is 36.4 Å². The van der Waals surface area contributed by atoms with E-state index in [1.165, 1.54) is 24.3 Å². The molecule has 2 aromatic rings. The maximum Gasteiger partial charge on any atom is 0.509 e. The molecule has 17 heavy (non-hydrogen) atoms. The van der Waals surface area contributed by atoms with Crippen LogP contribution in [0.15, 0.2) is 48.5 Å². The zero-order valence-corrected chi connectivity index (χ0v) is 8.78. The third kappa shape index (κ3) is 2.61. The third-order valence-electron chi connectivity index (χ3n) is 2.49. The molecule has 1 nitrogen and oxygen atoms in total. The fourth-order valence-electron chi connectivity index (χ4n) is 1.55. The first-order valence-electron chi connectivity index (χ1n) is 5.06.